The number of carbonyl (C=O) groups excluding carboxylic acids is 1. The highest BCUT2D eigenvalue weighted by molar-refractivity contribution is 9.10. The maximum Gasteiger partial charge on any atom is 0.193 e. The van der Waals surface area contributed by atoms with E-state index in [4.69, 9.17) is 4.74 Å². The van der Waals surface area contributed by atoms with E-state index in [9.17, 15) is 4.79 Å². The minimum Gasteiger partial charge on any atom is -0.496 e. The molecule has 2 aromatic rings. The number of halogens is 1. The monoisotopic (exact) mass is 332 g/mol. The fourth-order valence-corrected chi connectivity index (χ4v) is 2.60. The average molecular weight is 333 g/mol. The summed E-state index contributed by atoms with van der Waals surface area (Å²) in [6.45, 7) is 5.89. The topological polar surface area (TPSA) is 26.3 Å². The van der Waals surface area contributed by atoms with Crippen molar-refractivity contribution in [2.24, 2.45) is 0 Å². The van der Waals surface area contributed by atoms with Gasteiger partial charge in [-0.05, 0) is 55.7 Å². The molecule has 0 saturated heterocycles. The first-order chi connectivity index (χ1) is 9.43. The van der Waals surface area contributed by atoms with Gasteiger partial charge in [0, 0.05) is 15.6 Å². The Kier molecular flexibility index (Phi) is 4.29. The van der Waals surface area contributed by atoms with Crippen molar-refractivity contribution in [3.8, 4) is 5.75 Å². The highest BCUT2D eigenvalue weighted by Crippen LogP contribution is 2.25. The molecule has 0 spiro atoms. The molecular formula is C17H17BrO2. The number of carbonyl (C=O) groups is 1. The number of hydrogen-bond donors (Lipinski definition) is 0. The zero-order valence-corrected chi connectivity index (χ0v) is 13.7. The summed E-state index contributed by atoms with van der Waals surface area (Å²) in [5.41, 5.74) is 4.42. The Labute approximate surface area is 127 Å². The summed E-state index contributed by atoms with van der Waals surface area (Å²) in [5.74, 6) is 0.763. The molecule has 0 radical (unpaired) electrons. The van der Waals surface area contributed by atoms with Crippen LogP contribution in [0.15, 0.2) is 34.8 Å². The van der Waals surface area contributed by atoms with E-state index in [2.05, 4.69) is 15.9 Å². The van der Waals surface area contributed by atoms with Gasteiger partial charge in [0.05, 0.1) is 7.11 Å². The first-order valence-corrected chi connectivity index (χ1v) is 7.19. The Bertz CT molecular complexity index is 675. The summed E-state index contributed by atoms with van der Waals surface area (Å²) in [7, 11) is 1.62. The Morgan fingerprint density at radius 2 is 1.70 bits per heavy atom. The molecule has 0 unspecified atom stereocenters. The molecule has 20 heavy (non-hydrogen) atoms. The number of ether oxygens (including phenoxy) is 1. The lowest BCUT2D eigenvalue weighted by Crippen LogP contribution is -2.05. The van der Waals surface area contributed by atoms with Gasteiger partial charge in [-0.3, -0.25) is 4.79 Å². The molecule has 2 nitrogen and oxygen atoms in total. The number of benzene rings is 2. The second kappa shape index (κ2) is 5.80. The third-order valence-electron chi connectivity index (χ3n) is 3.42. The van der Waals surface area contributed by atoms with Gasteiger partial charge in [0.1, 0.15) is 5.75 Å². The van der Waals surface area contributed by atoms with Crippen LogP contribution >= 0.6 is 15.9 Å². The highest BCUT2D eigenvalue weighted by atomic mass is 79.9. The number of hydrogen-bond acceptors (Lipinski definition) is 2. The molecule has 0 fully saturated rings. The summed E-state index contributed by atoms with van der Waals surface area (Å²) >= 11 is 3.49. The van der Waals surface area contributed by atoms with Crippen LogP contribution in [0.1, 0.15) is 32.6 Å². The summed E-state index contributed by atoms with van der Waals surface area (Å²) in [6.07, 6.45) is 0. The molecule has 104 valence electrons. The molecule has 0 saturated carbocycles. The quantitative estimate of drug-likeness (QED) is 0.767. The summed E-state index contributed by atoms with van der Waals surface area (Å²) in [4.78, 5) is 12.6. The third kappa shape index (κ3) is 2.78. The van der Waals surface area contributed by atoms with Gasteiger partial charge >= 0.3 is 0 Å². The lowest BCUT2D eigenvalue weighted by Gasteiger charge is -2.10. The molecule has 0 bridgehead atoms. The van der Waals surface area contributed by atoms with E-state index in [1.54, 1.807) is 13.2 Å². The minimum atomic E-state index is 0.0244. The van der Waals surface area contributed by atoms with Crippen LogP contribution in [0.2, 0.25) is 0 Å². The van der Waals surface area contributed by atoms with Crippen molar-refractivity contribution in [1.82, 2.24) is 0 Å². The van der Waals surface area contributed by atoms with Crippen LogP contribution < -0.4 is 4.74 Å². The Morgan fingerprint density at radius 1 is 1.00 bits per heavy atom. The van der Waals surface area contributed by atoms with Gasteiger partial charge in [0.2, 0.25) is 0 Å². The fraction of sp³-hybridized carbons (Fsp3) is 0.235. The maximum atomic E-state index is 12.6. The van der Waals surface area contributed by atoms with Crippen LogP contribution in [-0.2, 0) is 0 Å². The second-order valence-corrected chi connectivity index (χ2v) is 5.78. The molecule has 2 rings (SSSR count). The van der Waals surface area contributed by atoms with E-state index in [1.807, 2.05) is 45.0 Å². The van der Waals surface area contributed by atoms with Gasteiger partial charge < -0.3 is 4.74 Å². The lowest BCUT2D eigenvalue weighted by molar-refractivity contribution is 0.103. The zero-order chi connectivity index (χ0) is 14.9. The molecule has 2 aromatic carbocycles. The SMILES string of the molecule is COc1cc(C(=O)c2cc(C)c(Br)cc2C)ccc1C. The average Bonchev–Trinajstić information content (AvgIpc) is 2.42. The van der Waals surface area contributed by atoms with E-state index in [-0.39, 0.29) is 5.78 Å². The molecule has 0 N–H and O–H groups in total. The number of aryl methyl sites for hydroxylation is 3. The summed E-state index contributed by atoms with van der Waals surface area (Å²) < 4.78 is 6.31. The van der Waals surface area contributed by atoms with Gasteiger partial charge in [-0.15, -0.1) is 0 Å². The minimum absolute atomic E-state index is 0.0244. The normalized spacial score (nSPS) is 10.4. The lowest BCUT2D eigenvalue weighted by atomic mass is 9.96. The molecule has 0 atom stereocenters. The number of methoxy groups -OCH3 is 1. The van der Waals surface area contributed by atoms with Crippen LogP contribution in [0.3, 0.4) is 0 Å². The van der Waals surface area contributed by atoms with Gasteiger partial charge in [-0.2, -0.15) is 0 Å². The number of rotatable bonds is 3. The molecule has 0 aromatic heterocycles. The van der Waals surface area contributed by atoms with Gasteiger partial charge in [-0.25, -0.2) is 0 Å². The summed E-state index contributed by atoms with van der Waals surface area (Å²) in [6, 6.07) is 9.46. The standard InChI is InChI=1S/C17H17BrO2/c1-10-5-6-13(9-16(10)20-4)17(19)14-7-12(3)15(18)8-11(14)2/h5-9H,1-4H3. The Morgan fingerprint density at radius 3 is 2.35 bits per heavy atom. The van der Waals surface area contributed by atoms with Crippen LogP contribution in [0.25, 0.3) is 0 Å². The molecule has 0 aliphatic carbocycles. The molecular weight excluding hydrogens is 316 g/mol. The van der Waals surface area contributed by atoms with Crippen molar-refractivity contribution >= 4 is 21.7 Å². The predicted octanol–water partition coefficient (Wildman–Crippen LogP) is 4.61. The van der Waals surface area contributed by atoms with Crippen LogP contribution in [0.5, 0.6) is 5.75 Å². The van der Waals surface area contributed by atoms with E-state index in [0.717, 1.165) is 32.5 Å². The van der Waals surface area contributed by atoms with Crippen molar-refractivity contribution in [3.63, 3.8) is 0 Å². The third-order valence-corrected chi connectivity index (χ3v) is 4.27. The van der Waals surface area contributed by atoms with E-state index in [1.165, 1.54) is 0 Å². The van der Waals surface area contributed by atoms with Crippen molar-refractivity contribution in [2.75, 3.05) is 7.11 Å². The van der Waals surface area contributed by atoms with Crippen molar-refractivity contribution in [3.05, 3.63) is 62.6 Å². The highest BCUT2D eigenvalue weighted by Gasteiger charge is 2.14. The van der Waals surface area contributed by atoms with Gasteiger partial charge in [0.25, 0.3) is 0 Å². The van der Waals surface area contributed by atoms with Crippen molar-refractivity contribution in [2.45, 2.75) is 20.8 Å². The van der Waals surface area contributed by atoms with Crippen molar-refractivity contribution in [1.29, 1.82) is 0 Å². The Hall–Kier alpha value is -1.61. The van der Waals surface area contributed by atoms with Crippen molar-refractivity contribution < 1.29 is 9.53 Å². The number of ketones is 1. The van der Waals surface area contributed by atoms with Crippen LogP contribution in [-0.4, -0.2) is 12.9 Å². The van der Waals surface area contributed by atoms with E-state index >= 15 is 0 Å². The molecule has 3 heteroatoms. The zero-order valence-electron chi connectivity index (χ0n) is 12.1. The predicted molar refractivity (Wildman–Crippen MR) is 84.8 cm³/mol. The molecule has 0 aliphatic heterocycles. The van der Waals surface area contributed by atoms with E-state index in [0.29, 0.717) is 5.56 Å². The van der Waals surface area contributed by atoms with Crippen LogP contribution in [0, 0.1) is 20.8 Å². The van der Waals surface area contributed by atoms with E-state index < -0.39 is 0 Å². The Balaban J connectivity index is 2.49. The van der Waals surface area contributed by atoms with Crippen LogP contribution in [0.4, 0.5) is 0 Å². The second-order valence-electron chi connectivity index (χ2n) is 4.93. The van der Waals surface area contributed by atoms with Gasteiger partial charge in [0.15, 0.2) is 5.78 Å². The first kappa shape index (κ1) is 14.8. The smallest absolute Gasteiger partial charge is 0.193 e. The molecule has 0 heterocycles. The first-order valence-electron chi connectivity index (χ1n) is 6.40. The fourth-order valence-electron chi connectivity index (χ4n) is 2.14. The largest absolute Gasteiger partial charge is 0.496 e. The maximum absolute atomic E-state index is 12.6. The molecule has 0 amide bonds. The summed E-state index contributed by atoms with van der Waals surface area (Å²) in [5, 5.41) is 0. The van der Waals surface area contributed by atoms with Gasteiger partial charge in [-0.1, -0.05) is 28.1 Å². The molecule has 0 aliphatic rings.